The number of carboxylic acids is 1. The average Bonchev–Trinajstić information content (AvgIpc) is 3.02. The fraction of sp³-hybridized carbons (Fsp3) is 0.312. The summed E-state index contributed by atoms with van der Waals surface area (Å²) < 4.78 is 0. The number of rotatable bonds is 3. The second-order valence-electron chi connectivity index (χ2n) is 6.02. The van der Waals surface area contributed by atoms with Crippen molar-refractivity contribution in [2.75, 3.05) is 5.32 Å². The Labute approximate surface area is 122 Å². The molecule has 0 radical (unpaired) electrons. The molecule has 1 aromatic heterocycles. The Hall–Kier alpha value is -2.43. The monoisotopic (exact) mass is 284 g/mol. The number of para-hydroxylation sites is 1. The first-order chi connectivity index (χ1) is 9.91. The highest BCUT2D eigenvalue weighted by Gasteiger charge is 2.65. The molecule has 0 bridgehead atoms. The fourth-order valence-electron chi connectivity index (χ4n) is 2.95. The smallest absolute Gasteiger partial charge is 0.307 e. The van der Waals surface area contributed by atoms with Gasteiger partial charge in [-0.05, 0) is 17.5 Å². The molecule has 1 aliphatic rings. The van der Waals surface area contributed by atoms with Gasteiger partial charge in [0.25, 0.3) is 0 Å². The van der Waals surface area contributed by atoms with Crippen LogP contribution in [0, 0.1) is 17.3 Å². The third-order valence-corrected chi connectivity index (χ3v) is 4.23. The van der Waals surface area contributed by atoms with Crippen molar-refractivity contribution in [1.82, 2.24) is 4.98 Å². The highest BCUT2D eigenvalue weighted by atomic mass is 16.4. The molecule has 2 N–H and O–H groups in total. The van der Waals surface area contributed by atoms with Crippen LogP contribution in [0.5, 0.6) is 0 Å². The van der Waals surface area contributed by atoms with E-state index in [2.05, 4.69) is 10.3 Å². The Balaban J connectivity index is 1.80. The normalized spacial score (nSPS) is 22.8. The van der Waals surface area contributed by atoms with Crippen LogP contribution in [0.1, 0.15) is 13.8 Å². The molecule has 1 saturated carbocycles. The van der Waals surface area contributed by atoms with E-state index in [-0.39, 0.29) is 5.91 Å². The SMILES string of the molecule is CC1(C)[C@H](C(=O)O)[C@@H]1C(=O)Nc1cnc2ccccc2c1. The van der Waals surface area contributed by atoms with Gasteiger partial charge < -0.3 is 10.4 Å². The van der Waals surface area contributed by atoms with Crippen LogP contribution in [-0.2, 0) is 9.59 Å². The summed E-state index contributed by atoms with van der Waals surface area (Å²) in [6.07, 6.45) is 1.59. The van der Waals surface area contributed by atoms with Gasteiger partial charge in [0.1, 0.15) is 0 Å². The first-order valence-corrected chi connectivity index (χ1v) is 6.80. The van der Waals surface area contributed by atoms with E-state index in [4.69, 9.17) is 5.11 Å². The van der Waals surface area contributed by atoms with Crippen LogP contribution < -0.4 is 5.32 Å². The van der Waals surface area contributed by atoms with Crippen LogP contribution in [0.4, 0.5) is 5.69 Å². The van der Waals surface area contributed by atoms with E-state index in [0.29, 0.717) is 5.69 Å². The fourth-order valence-corrected chi connectivity index (χ4v) is 2.95. The topological polar surface area (TPSA) is 79.3 Å². The van der Waals surface area contributed by atoms with Crippen molar-refractivity contribution in [2.45, 2.75) is 13.8 Å². The minimum absolute atomic E-state index is 0.260. The molecular weight excluding hydrogens is 268 g/mol. The lowest BCUT2D eigenvalue weighted by atomic mass is 10.1. The van der Waals surface area contributed by atoms with E-state index in [1.165, 1.54) is 0 Å². The number of carboxylic acid groups (broad SMARTS) is 1. The van der Waals surface area contributed by atoms with Crippen molar-refractivity contribution in [2.24, 2.45) is 17.3 Å². The first-order valence-electron chi connectivity index (χ1n) is 6.80. The summed E-state index contributed by atoms with van der Waals surface area (Å²) in [5.41, 5.74) is 0.941. The zero-order valence-corrected chi connectivity index (χ0v) is 11.8. The van der Waals surface area contributed by atoms with E-state index >= 15 is 0 Å². The third kappa shape index (κ3) is 2.24. The maximum atomic E-state index is 12.2. The Morgan fingerprint density at radius 3 is 2.62 bits per heavy atom. The second-order valence-corrected chi connectivity index (χ2v) is 6.02. The molecular formula is C16H16N2O3. The summed E-state index contributed by atoms with van der Waals surface area (Å²) in [6.45, 7) is 3.60. The number of nitrogens with one attached hydrogen (secondary N) is 1. The number of carbonyl (C=O) groups excluding carboxylic acids is 1. The number of pyridine rings is 1. The standard InChI is InChI=1S/C16H16N2O3/c1-16(2)12(13(16)15(20)21)14(19)18-10-7-9-5-3-4-6-11(9)17-8-10/h3-8,12-13H,1-2H3,(H,18,19)(H,20,21)/t12-,13+/m1/s1. The molecule has 1 amide bonds. The minimum Gasteiger partial charge on any atom is -0.481 e. The lowest BCUT2D eigenvalue weighted by Crippen LogP contribution is -2.17. The van der Waals surface area contributed by atoms with E-state index in [1.54, 1.807) is 20.0 Å². The van der Waals surface area contributed by atoms with Crippen molar-refractivity contribution in [3.05, 3.63) is 36.5 Å². The van der Waals surface area contributed by atoms with Crippen LogP contribution >= 0.6 is 0 Å². The van der Waals surface area contributed by atoms with Crippen molar-refractivity contribution in [3.8, 4) is 0 Å². The number of nitrogens with zero attached hydrogens (tertiary/aromatic N) is 1. The molecule has 0 unspecified atom stereocenters. The molecule has 1 aliphatic carbocycles. The number of hydrogen-bond donors (Lipinski definition) is 2. The largest absolute Gasteiger partial charge is 0.481 e. The zero-order valence-electron chi connectivity index (χ0n) is 11.8. The molecule has 2 aromatic rings. The minimum atomic E-state index is -0.920. The number of amides is 1. The van der Waals surface area contributed by atoms with Gasteiger partial charge in [0.05, 0.1) is 29.2 Å². The highest BCUT2D eigenvalue weighted by molar-refractivity contribution is 6.00. The molecule has 5 heteroatoms. The number of aromatic nitrogens is 1. The molecule has 21 heavy (non-hydrogen) atoms. The average molecular weight is 284 g/mol. The Bertz CT molecular complexity index is 739. The van der Waals surface area contributed by atoms with Crippen LogP contribution in [0.2, 0.25) is 0 Å². The van der Waals surface area contributed by atoms with Crippen LogP contribution in [-0.4, -0.2) is 22.0 Å². The summed E-state index contributed by atoms with van der Waals surface area (Å²) in [4.78, 5) is 27.6. The number of hydrogen-bond acceptors (Lipinski definition) is 3. The molecule has 1 fully saturated rings. The second kappa shape index (κ2) is 4.55. The molecule has 1 aromatic carbocycles. The van der Waals surface area contributed by atoms with Crippen LogP contribution in [0.3, 0.4) is 0 Å². The number of carbonyl (C=O) groups is 2. The summed E-state index contributed by atoms with van der Waals surface area (Å²) in [7, 11) is 0. The maximum absolute atomic E-state index is 12.2. The van der Waals surface area contributed by atoms with Gasteiger partial charge in [-0.1, -0.05) is 32.0 Å². The van der Waals surface area contributed by atoms with Gasteiger partial charge in [-0.2, -0.15) is 0 Å². The lowest BCUT2D eigenvalue weighted by molar-refractivity contribution is -0.140. The Morgan fingerprint density at radius 2 is 1.95 bits per heavy atom. The predicted molar refractivity (Wildman–Crippen MR) is 78.8 cm³/mol. The van der Waals surface area contributed by atoms with Crippen molar-refractivity contribution >= 4 is 28.5 Å². The molecule has 108 valence electrons. The van der Waals surface area contributed by atoms with Gasteiger partial charge in [0, 0.05) is 5.39 Å². The summed E-state index contributed by atoms with van der Waals surface area (Å²) in [5.74, 6) is -2.30. The lowest BCUT2D eigenvalue weighted by Gasteiger charge is -2.06. The van der Waals surface area contributed by atoms with Gasteiger partial charge in [-0.25, -0.2) is 0 Å². The summed E-state index contributed by atoms with van der Waals surface area (Å²) in [5, 5.41) is 12.8. The van der Waals surface area contributed by atoms with Gasteiger partial charge >= 0.3 is 5.97 Å². The maximum Gasteiger partial charge on any atom is 0.307 e. The number of aliphatic carboxylic acids is 1. The molecule has 0 saturated heterocycles. The van der Waals surface area contributed by atoms with Gasteiger partial charge in [-0.15, -0.1) is 0 Å². The number of fused-ring (bicyclic) bond motifs is 1. The quantitative estimate of drug-likeness (QED) is 0.907. The molecule has 2 atom stereocenters. The van der Waals surface area contributed by atoms with Crippen molar-refractivity contribution in [1.29, 1.82) is 0 Å². The highest BCUT2D eigenvalue weighted by Crippen LogP contribution is 2.58. The predicted octanol–water partition coefficient (Wildman–Crippen LogP) is 2.53. The number of anilines is 1. The molecule has 1 heterocycles. The van der Waals surface area contributed by atoms with Crippen LogP contribution in [0.25, 0.3) is 10.9 Å². The molecule has 0 spiro atoms. The van der Waals surface area contributed by atoms with E-state index in [0.717, 1.165) is 10.9 Å². The first kappa shape index (κ1) is 13.5. The number of benzene rings is 1. The Kier molecular flexibility index (Phi) is 2.93. The molecule has 5 nitrogen and oxygen atoms in total. The summed E-state index contributed by atoms with van der Waals surface area (Å²) >= 11 is 0. The summed E-state index contributed by atoms with van der Waals surface area (Å²) in [6, 6.07) is 9.45. The molecule has 3 rings (SSSR count). The van der Waals surface area contributed by atoms with Gasteiger partial charge in [-0.3, -0.25) is 14.6 Å². The van der Waals surface area contributed by atoms with Gasteiger partial charge in [0.2, 0.25) is 5.91 Å². The zero-order chi connectivity index (χ0) is 15.2. The van der Waals surface area contributed by atoms with E-state index in [9.17, 15) is 9.59 Å². The van der Waals surface area contributed by atoms with E-state index < -0.39 is 23.2 Å². The van der Waals surface area contributed by atoms with Crippen molar-refractivity contribution in [3.63, 3.8) is 0 Å². The van der Waals surface area contributed by atoms with Crippen molar-refractivity contribution < 1.29 is 14.7 Å². The van der Waals surface area contributed by atoms with Gasteiger partial charge in [0.15, 0.2) is 0 Å². The van der Waals surface area contributed by atoms with E-state index in [1.807, 2.05) is 30.3 Å². The van der Waals surface area contributed by atoms with Crippen LogP contribution in [0.15, 0.2) is 36.5 Å². The Morgan fingerprint density at radius 1 is 1.24 bits per heavy atom. The third-order valence-electron chi connectivity index (χ3n) is 4.23. The molecule has 0 aliphatic heterocycles.